The molecule has 4 aromatic rings. The van der Waals surface area contributed by atoms with Gasteiger partial charge in [0.15, 0.2) is 5.65 Å². The first-order chi connectivity index (χ1) is 15.7. The second-order valence-corrected chi connectivity index (χ2v) is 7.67. The Hall–Kier alpha value is -3.66. The molecular formula is C23H20F4N6. The fraction of sp³-hybridized carbons (Fsp3) is 0.217. The molecule has 6 nitrogen and oxygen atoms in total. The molecule has 0 saturated carbocycles. The summed E-state index contributed by atoms with van der Waals surface area (Å²) in [5.74, 6) is 0.250. The predicted molar refractivity (Wildman–Crippen MR) is 117 cm³/mol. The monoisotopic (exact) mass is 456 g/mol. The Bertz CT molecular complexity index is 1270. The van der Waals surface area contributed by atoms with Crippen molar-refractivity contribution in [3.05, 3.63) is 71.7 Å². The van der Waals surface area contributed by atoms with E-state index < -0.39 is 18.4 Å². The van der Waals surface area contributed by atoms with Crippen LogP contribution in [0.3, 0.4) is 0 Å². The summed E-state index contributed by atoms with van der Waals surface area (Å²) in [5.41, 5.74) is 2.18. The minimum Gasteiger partial charge on any atom is -0.340 e. The van der Waals surface area contributed by atoms with Crippen LogP contribution in [0.5, 0.6) is 0 Å². The number of nitrogens with zero attached hydrogens (tertiary/aromatic N) is 5. The maximum absolute atomic E-state index is 13.4. The second kappa shape index (κ2) is 9.07. The molecule has 0 fully saturated rings. The van der Waals surface area contributed by atoms with Crippen molar-refractivity contribution in [1.29, 1.82) is 0 Å². The van der Waals surface area contributed by atoms with Crippen LogP contribution in [0.4, 0.5) is 29.1 Å². The molecule has 0 spiro atoms. The molecule has 1 N–H and O–H groups in total. The number of anilines is 2. The van der Waals surface area contributed by atoms with Crippen LogP contribution in [0.15, 0.2) is 54.9 Å². The first-order valence-corrected chi connectivity index (χ1v) is 10.0. The Kier molecular flexibility index (Phi) is 6.19. The SMILES string of the molecule is CN(C)Cc1cc(Nc2ccc(C(F)(F)F)cn2)c2ccc(-c3ncccc3CF)nc2n1. The van der Waals surface area contributed by atoms with Crippen LogP contribution in [-0.4, -0.2) is 38.9 Å². The number of fused-ring (bicyclic) bond motifs is 1. The van der Waals surface area contributed by atoms with Crippen molar-refractivity contribution in [2.24, 2.45) is 0 Å². The van der Waals surface area contributed by atoms with Gasteiger partial charge in [-0.05, 0) is 50.5 Å². The Labute approximate surface area is 187 Å². The van der Waals surface area contributed by atoms with Gasteiger partial charge in [-0.2, -0.15) is 13.2 Å². The summed E-state index contributed by atoms with van der Waals surface area (Å²) in [7, 11) is 3.78. The largest absolute Gasteiger partial charge is 0.417 e. The lowest BCUT2D eigenvalue weighted by Crippen LogP contribution is -2.12. The predicted octanol–water partition coefficient (Wildman–Crippen LogP) is 5.38. The quantitative estimate of drug-likeness (QED) is 0.393. The van der Waals surface area contributed by atoms with Crippen molar-refractivity contribution < 1.29 is 17.6 Å². The van der Waals surface area contributed by atoms with Crippen LogP contribution in [0.2, 0.25) is 0 Å². The van der Waals surface area contributed by atoms with Gasteiger partial charge in [-0.3, -0.25) is 4.98 Å². The van der Waals surface area contributed by atoms with Gasteiger partial charge in [-0.25, -0.2) is 19.3 Å². The first-order valence-electron chi connectivity index (χ1n) is 10.0. The van der Waals surface area contributed by atoms with Crippen molar-refractivity contribution in [2.75, 3.05) is 19.4 Å². The molecule has 170 valence electrons. The highest BCUT2D eigenvalue weighted by Gasteiger charge is 2.30. The number of hydrogen-bond donors (Lipinski definition) is 1. The third-order valence-corrected chi connectivity index (χ3v) is 4.84. The summed E-state index contributed by atoms with van der Waals surface area (Å²) < 4.78 is 52.0. The average molecular weight is 456 g/mol. The number of nitrogens with one attached hydrogen (secondary N) is 1. The molecule has 0 unspecified atom stereocenters. The van der Waals surface area contributed by atoms with Crippen molar-refractivity contribution >= 4 is 22.5 Å². The minimum atomic E-state index is -4.46. The van der Waals surface area contributed by atoms with E-state index >= 15 is 0 Å². The fourth-order valence-electron chi connectivity index (χ4n) is 3.35. The molecular weight excluding hydrogens is 436 g/mol. The highest BCUT2D eigenvalue weighted by molar-refractivity contribution is 5.92. The molecule has 10 heteroatoms. The molecule has 33 heavy (non-hydrogen) atoms. The Morgan fingerprint density at radius 1 is 1.00 bits per heavy atom. The van der Waals surface area contributed by atoms with Gasteiger partial charge in [-0.15, -0.1) is 0 Å². The van der Waals surface area contributed by atoms with E-state index in [-0.39, 0.29) is 5.82 Å². The zero-order valence-corrected chi connectivity index (χ0v) is 17.9. The van der Waals surface area contributed by atoms with Crippen LogP contribution in [-0.2, 0) is 19.4 Å². The van der Waals surface area contributed by atoms with Crippen LogP contribution >= 0.6 is 0 Å². The van der Waals surface area contributed by atoms with Crippen molar-refractivity contribution in [1.82, 2.24) is 24.8 Å². The Balaban J connectivity index is 1.78. The zero-order valence-electron chi connectivity index (χ0n) is 17.9. The summed E-state index contributed by atoms with van der Waals surface area (Å²) in [5, 5.41) is 3.71. The van der Waals surface area contributed by atoms with Crippen molar-refractivity contribution in [3.8, 4) is 11.4 Å². The topological polar surface area (TPSA) is 66.8 Å². The fourth-order valence-corrected chi connectivity index (χ4v) is 3.35. The average Bonchev–Trinajstić information content (AvgIpc) is 2.78. The molecule has 0 aliphatic heterocycles. The molecule has 0 radical (unpaired) electrons. The standard InChI is InChI=1S/C23H20F4N6/c1-33(2)13-16-10-19(31-20-8-5-15(12-29-20)23(25,26)27)17-6-7-18(32-22(17)30-16)21-14(11-24)4-3-9-28-21/h3-10,12H,11,13H2,1-2H3,(H,29,30,31,32). The van der Waals surface area contributed by atoms with E-state index in [0.29, 0.717) is 45.9 Å². The lowest BCUT2D eigenvalue weighted by molar-refractivity contribution is -0.137. The first kappa shape index (κ1) is 22.5. The number of pyridine rings is 4. The zero-order chi connectivity index (χ0) is 23.6. The summed E-state index contributed by atoms with van der Waals surface area (Å²) in [6.45, 7) is -0.167. The molecule has 0 aliphatic carbocycles. The number of rotatable bonds is 6. The number of alkyl halides is 4. The highest BCUT2D eigenvalue weighted by Crippen LogP contribution is 2.31. The molecule has 0 atom stereocenters. The van der Waals surface area contributed by atoms with E-state index in [1.54, 1.807) is 36.5 Å². The van der Waals surface area contributed by atoms with Gasteiger partial charge in [0.05, 0.1) is 28.3 Å². The highest BCUT2D eigenvalue weighted by atomic mass is 19.4. The maximum Gasteiger partial charge on any atom is 0.417 e. The number of halogens is 4. The summed E-state index contributed by atoms with van der Waals surface area (Å²) in [6, 6.07) is 10.8. The van der Waals surface area contributed by atoms with E-state index in [0.717, 1.165) is 12.3 Å². The van der Waals surface area contributed by atoms with Crippen LogP contribution in [0, 0.1) is 0 Å². The Morgan fingerprint density at radius 2 is 1.82 bits per heavy atom. The summed E-state index contributed by atoms with van der Waals surface area (Å²) in [4.78, 5) is 19.3. The number of hydrogen-bond acceptors (Lipinski definition) is 6. The van der Waals surface area contributed by atoms with Gasteiger partial charge < -0.3 is 10.2 Å². The lowest BCUT2D eigenvalue weighted by Gasteiger charge is -2.15. The Morgan fingerprint density at radius 3 is 2.48 bits per heavy atom. The molecule has 0 amide bonds. The minimum absolute atomic E-state index is 0.250. The molecule has 4 rings (SSSR count). The number of aromatic nitrogens is 4. The van der Waals surface area contributed by atoms with E-state index in [2.05, 4.69) is 25.3 Å². The third kappa shape index (κ3) is 5.06. The van der Waals surface area contributed by atoms with Crippen molar-refractivity contribution in [3.63, 3.8) is 0 Å². The van der Waals surface area contributed by atoms with Crippen molar-refractivity contribution in [2.45, 2.75) is 19.4 Å². The van der Waals surface area contributed by atoms with Crippen LogP contribution < -0.4 is 5.32 Å². The van der Waals surface area contributed by atoms with E-state index in [1.807, 2.05) is 19.0 Å². The molecule has 0 aromatic carbocycles. The van der Waals surface area contributed by atoms with Crippen LogP contribution in [0.25, 0.3) is 22.4 Å². The van der Waals surface area contributed by atoms with Crippen LogP contribution in [0.1, 0.15) is 16.8 Å². The van der Waals surface area contributed by atoms with Gasteiger partial charge in [0.2, 0.25) is 0 Å². The summed E-state index contributed by atoms with van der Waals surface area (Å²) >= 11 is 0. The smallest absolute Gasteiger partial charge is 0.340 e. The second-order valence-electron chi connectivity index (χ2n) is 7.67. The van der Waals surface area contributed by atoms with Gasteiger partial charge in [0.25, 0.3) is 0 Å². The van der Waals surface area contributed by atoms with E-state index in [9.17, 15) is 17.6 Å². The van der Waals surface area contributed by atoms with E-state index in [4.69, 9.17) is 0 Å². The molecule has 0 saturated heterocycles. The lowest BCUT2D eigenvalue weighted by atomic mass is 10.1. The molecule has 4 heterocycles. The van der Waals surface area contributed by atoms with Gasteiger partial charge in [0, 0.05) is 29.9 Å². The molecule has 0 bridgehead atoms. The molecule has 4 aromatic heterocycles. The van der Waals surface area contributed by atoms with Gasteiger partial charge in [0.1, 0.15) is 12.5 Å². The van der Waals surface area contributed by atoms with E-state index in [1.165, 1.54) is 6.07 Å². The summed E-state index contributed by atoms with van der Waals surface area (Å²) in [6.07, 6.45) is -2.11. The van der Waals surface area contributed by atoms with Gasteiger partial charge >= 0.3 is 6.18 Å². The normalized spacial score (nSPS) is 11.8. The molecule has 0 aliphatic rings. The maximum atomic E-state index is 13.4. The van der Waals surface area contributed by atoms with Gasteiger partial charge in [-0.1, -0.05) is 6.07 Å². The third-order valence-electron chi connectivity index (χ3n) is 4.84.